The first kappa shape index (κ1) is 26.2. The van der Waals surface area contributed by atoms with Gasteiger partial charge >= 0.3 is 12.1 Å². The van der Waals surface area contributed by atoms with Crippen LogP contribution >= 0.6 is 0 Å². The van der Waals surface area contributed by atoms with Crippen molar-refractivity contribution in [3.63, 3.8) is 0 Å². The molecule has 2 aromatic rings. The van der Waals surface area contributed by atoms with Gasteiger partial charge in [0, 0.05) is 32.0 Å². The number of ether oxygens (including phenoxy) is 2. The van der Waals surface area contributed by atoms with Gasteiger partial charge in [0.15, 0.2) is 0 Å². The highest BCUT2D eigenvalue weighted by atomic mass is 16.5. The number of alkyl carbamates (subject to hydrolysis) is 1. The van der Waals surface area contributed by atoms with Crippen molar-refractivity contribution in [2.45, 2.75) is 38.5 Å². The first-order chi connectivity index (χ1) is 17.0. The number of unbranched alkanes of at least 4 members (excludes halogenated alkanes) is 1. The number of hydrogen-bond donors (Lipinski definition) is 2. The highest BCUT2D eigenvalue weighted by Gasteiger charge is 2.28. The lowest BCUT2D eigenvalue weighted by atomic mass is 9.98. The highest BCUT2D eigenvalue weighted by Crippen LogP contribution is 2.44. The number of aliphatic carboxylic acids is 1. The van der Waals surface area contributed by atoms with Crippen LogP contribution in [0, 0.1) is 0 Å². The van der Waals surface area contributed by atoms with Crippen molar-refractivity contribution >= 4 is 18.0 Å². The SMILES string of the molecule is CCN(CCCCC(=O)O)C(=O)CCOCCNC(=O)OCC1c2ccccc2-c2ccccc21. The molecule has 2 amide bonds. The van der Waals surface area contributed by atoms with Gasteiger partial charge in [-0.15, -0.1) is 0 Å². The molecule has 8 heteroatoms. The molecule has 0 saturated heterocycles. The molecule has 1 aliphatic rings. The number of carbonyl (C=O) groups is 3. The quantitative estimate of drug-likeness (QED) is 0.394. The minimum atomic E-state index is -0.820. The number of nitrogens with zero attached hydrogens (tertiary/aromatic N) is 1. The van der Waals surface area contributed by atoms with Crippen LogP contribution in [-0.4, -0.2) is 67.4 Å². The van der Waals surface area contributed by atoms with E-state index >= 15 is 0 Å². The van der Waals surface area contributed by atoms with Crippen LogP contribution in [0.1, 0.15) is 49.7 Å². The van der Waals surface area contributed by atoms with Crippen LogP contribution in [0.2, 0.25) is 0 Å². The number of hydrogen-bond acceptors (Lipinski definition) is 5. The molecule has 0 atom stereocenters. The molecule has 35 heavy (non-hydrogen) atoms. The summed E-state index contributed by atoms with van der Waals surface area (Å²) in [6.07, 6.45) is 1.09. The van der Waals surface area contributed by atoms with E-state index < -0.39 is 12.1 Å². The molecule has 0 spiro atoms. The van der Waals surface area contributed by atoms with Gasteiger partial charge in [-0.05, 0) is 42.0 Å². The van der Waals surface area contributed by atoms with Crippen molar-refractivity contribution in [2.24, 2.45) is 0 Å². The number of carbonyl (C=O) groups excluding carboxylic acids is 2. The third kappa shape index (κ3) is 7.55. The fourth-order valence-electron chi connectivity index (χ4n) is 4.33. The number of nitrogens with one attached hydrogen (secondary N) is 1. The summed E-state index contributed by atoms with van der Waals surface area (Å²) in [5.74, 6) is -0.826. The summed E-state index contributed by atoms with van der Waals surface area (Å²) in [6.45, 7) is 4.11. The first-order valence-corrected chi connectivity index (χ1v) is 12.2. The van der Waals surface area contributed by atoms with E-state index in [1.807, 2.05) is 31.2 Å². The lowest BCUT2D eigenvalue weighted by Gasteiger charge is -2.20. The van der Waals surface area contributed by atoms with Crippen molar-refractivity contribution in [2.75, 3.05) is 39.5 Å². The van der Waals surface area contributed by atoms with Gasteiger partial charge in [0.05, 0.1) is 19.6 Å². The van der Waals surface area contributed by atoms with Crippen LogP contribution in [0.4, 0.5) is 4.79 Å². The molecule has 0 aromatic heterocycles. The van der Waals surface area contributed by atoms with E-state index in [9.17, 15) is 14.4 Å². The molecule has 0 fully saturated rings. The molecule has 0 saturated carbocycles. The van der Waals surface area contributed by atoms with Crippen molar-refractivity contribution in [1.82, 2.24) is 10.2 Å². The van der Waals surface area contributed by atoms with Gasteiger partial charge in [-0.2, -0.15) is 0 Å². The van der Waals surface area contributed by atoms with Crippen molar-refractivity contribution in [3.05, 3.63) is 59.7 Å². The largest absolute Gasteiger partial charge is 0.481 e. The molecule has 188 valence electrons. The average molecular weight is 483 g/mol. The Morgan fingerprint density at radius 2 is 1.60 bits per heavy atom. The Kier molecular flexibility index (Phi) is 10.1. The molecular formula is C27H34N2O6. The topological polar surface area (TPSA) is 105 Å². The number of carboxylic acids is 1. The predicted octanol–water partition coefficient (Wildman–Crippen LogP) is 4.04. The summed E-state index contributed by atoms with van der Waals surface area (Å²) in [5, 5.41) is 11.4. The second kappa shape index (κ2) is 13.5. The summed E-state index contributed by atoms with van der Waals surface area (Å²) in [6, 6.07) is 16.4. The highest BCUT2D eigenvalue weighted by molar-refractivity contribution is 5.79. The number of fused-ring (bicyclic) bond motifs is 3. The molecule has 8 nitrogen and oxygen atoms in total. The van der Waals surface area contributed by atoms with E-state index in [1.165, 1.54) is 11.1 Å². The summed E-state index contributed by atoms with van der Waals surface area (Å²) in [4.78, 5) is 36.7. The maximum absolute atomic E-state index is 12.3. The van der Waals surface area contributed by atoms with Gasteiger partial charge < -0.3 is 24.8 Å². The smallest absolute Gasteiger partial charge is 0.407 e. The summed E-state index contributed by atoms with van der Waals surface area (Å²) < 4.78 is 11.0. The molecule has 3 rings (SSSR count). The van der Waals surface area contributed by atoms with Crippen LogP contribution in [0.3, 0.4) is 0 Å². The Balaban J connectivity index is 1.30. The van der Waals surface area contributed by atoms with Crippen molar-refractivity contribution in [1.29, 1.82) is 0 Å². The number of benzene rings is 2. The minimum Gasteiger partial charge on any atom is -0.481 e. The van der Waals surface area contributed by atoms with Gasteiger partial charge in [0.1, 0.15) is 6.61 Å². The van der Waals surface area contributed by atoms with Gasteiger partial charge in [0.2, 0.25) is 5.91 Å². The normalized spacial score (nSPS) is 12.0. The zero-order valence-corrected chi connectivity index (χ0v) is 20.2. The van der Waals surface area contributed by atoms with Gasteiger partial charge in [0.25, 0.3) is 0 Å². The van der Waals surface area contributed by atoms with Crippen LogP contribution in [0.15, 0.2) is 48.5 Å². The standard InChI is InChI=1S/C27H34N2O6/c1-2-29(16-8-7-13-26(31)32)25(30)14-17-34-18-15-28-27(33)35-19-24-22-11-5-3-9-20(22)21-10-4-6-12-23(21)24/h3-6,9-12,24H,2,7-8,13-19H2,1H3,(H,28,33)(H,31,32). The molecule has 0 unspecified atom stereocenters. The number of carboxylic acid groups (broad SMARTS) is 1. The molecule has 1 aliphatic carbocycles. The Hall–Kier alpha value is -3.39. The third-order valence-electron chi connectivity index (χ3n) is 6.12. The Morgan fingerprint density at radius 1 is 0.943 bits per heavy atom. The Labute approximate surface area is 206 Å². The van der Waals surface area contributed by atoms with E-state index in [0.29, 0.717) is 25.9 Å². The number of rotatable bonds is 14. The van der Waals surface area contributed by atoms with Crippen LogP contribution in [0.25, 0.3) is 11.1 Å². The monoisotopic (exact) mass is 482 g/mol. The Bertz CT molecular complexity index is 963. The van der Waals surface area contributed by atoms with Crippen LogP contribution in [-0.2, 0) is 19.1 Å². The minimum absolute atomic E-state index is 0.0149. The van der Waals surface area contributed by atoms with Gasteiger partial charge in [-0.1, -0.05) is 48.5 Å². The summed E-state index contributed by atoms with van der Waals surface area (Å²) >= 11 is 0. The maximum atomic E-state index is 12.3. The molecule has 2 N–H and O–H groups in total. The molecule has 0 heterocycles. The lowest BCUT2D eigenvalue weighted by molar-refractivity contribution is -0.137. The van der Waals surface area contributed by atoms with E-state index in [0.717, 1.165) is 11.1 Å². The lowest BCUT2D eigenvalue weighted by Crippen LogP contribution is -2.33. The fourth-order valence-corrected chi connectivity index (χ4v) is 4.33. The zero-order valence-electron chi connectivity index (χ0n) is 20.2. The van der Waals surface area contributed by atoms with Crippen molar-refractivity contribution < 1.29 is 29.0 Å². The molecular weight excluding hydrogens is 448 g/mol. The second-order valence-corrected chi connectivity index (χ2v) is 8.44. The average Bonchev–Trinajstić information content (AvgIpc) is 3.18. The molecule has 0 bridgehead atoms. The van der Waals surface area contributed by atoms with E-state index in [4.69, 9.17) is 14.6 Å². The second-order valence-electron chi connectivity index (χ2n) is 8.44. The summed E-state index contributed by atoms with van der Waals surface area (Å²) in [5.41, 5.74) is 4.69. The van der Waals surface area contributed by atoms with E-state index in [1.54, 1.807) is 4.90 Å². The van der Waals surface area contributed by atoms with E-state index in [2.05, 4.69) is 29.6 Å². The van der Waals surface area contributed by atoms with Gasteiger partial charge in [-0.25, -0.2) is 4.79 Å². The third-order valence-corrected chi connectivity index (χ3v) is 6.12. The fraction of sp³-hybridized carbons (Fsp3) is 0.444. The predicted molar refractivity (Wildman–Crippen MR) is 132 cm³/mol. The summed E-state index contributed by atoms with van der Waals surface area (Å²) in [7, 11) is 0. The maximum Gasteiger partial charge on any atom is 0.407 e. The molecule has 0 aliphatic heterocycles. The van der Waals surface area contributed by atoms with Crippen LogP contribution < -0.4 is 5.32 Å². The van der Waals surface area contributed by atoms with Crippen molar-refractivity contribution in [3.8, 4) is 11.1 Å². The number of amides is 2. The molecule has 2 aromatic carbocycles. The Morgan fingerprint density at radius 3 is 2.23 bits per heavy atom. The van der Waals surface area contributed by atoms with E-state index in [-0.39, 0.29) is 51.0 Å². The zero-order chi connectivity index (χ0) is 25.0. The van der Waals surface area contributed by atoms with Crippen LogP contribution in [0.5, 0.6) is 0 Å². The molecule has 0 radical (unpaired) electrons. The van der Waals surface area contributed by atoms with Gasteiger partial charge in [-0.3, -0.25) is 9.59 Å². The first-order valence-electron chi connectivity index (χ1n) is 12.2.